The maximum Gasteiger partial charge on any atom is 0.190 e. The van der Waals surface area contributed by atoms with Gasteiger partial charge in [0.1, 0.15) is 10.8 Å². The summed E-state index contributed by atoms with van der Waals surface area (Å²) in [7, 11) is 0. The quantitative estimate of drug-likeness (QED) is 0.501. The van der Waals surface area contributed by atoms with Crippen LogP contribution in [0.3, 0.4) is 0 Å². The van der Waals surface area contributed by atoms with Gasteiger partial charge in [-0.1, -0.05) is 31.2 Å². The largest absolute Gasteiger partial charge is 0.384 e. The summed E-state index contributed by atoms with van der Waals surface area (Å²) in [5, 5.41) is 1.61. The number of nitrogen functional groups attached to an aromatic ring is 1. The van der Waals surface area contributed by atoms with Crippen LogP contribution in [0.15, 0.2) is 34.6 Å². The number of nitrogens with zero attached hydrogens (tertiary/aromatic N) is 3. The first-order chi connectivity index (χ1) is 9.72. The summed E-state index contributed by atoms with van der Waals surface area (Å²) in [4.78, 5) is 13.2. The number of hydrogen-bond donors (Lipinski definition) is 1. The van der Waals surface area contributed by atoms with E-state index in [2.05, 4.69) is 27.9 Å². The summed E-state index contributed by atoms with van der Waals surface area (Å²) in [6.07, 6.45) is 5.99. The molecule has 106 valence electrons. The summed E-state index contributed by atoms with van der Waals surface area (Å²) in [5.41, 5.74) is 8.20. The lowest BCUT2D eigenvalue weighted by Gasteiger charge is -2.07. The van der Waals surface area contributed by atoms with Crippen LogP contribution in [0.25, 0.3) is 0 Å². The van der Waals surface area contributed by atoms with Crippen LogP contribution >= 0.6 is 23.5 Å². The third-order valence-electron chi connectivity index (χ3n) is 2.75. The van der Waals surface area contributed by atoms with E-state index >= 15 is 0 Å². The molecule has 2 heterocycles. The smallest absolute Gasteiger partial charge is 0.190 e. The van der Waals surface area contributed by atoms with Gasteiger partial charge in [-0.05, 0) is 24.3 Å². The molecule has 20 heavy (non-hydrogen) atoms. The molecule has 0 aliphatic rings. The van der Waals surface area contributed by atoms with Gasteiger partial charge in [-0.2, -0.15) is 0 Å². The molecule has 0 bridgehead atoms. The van der Waals surface area contributed by atoms with E-state index in [-0.39, 0.29) is 0 Å². The van der Waals surface area contributed by atoms with Crippen molar-refractivity contribution in [1.82, 2.24) is 15.0 Å². The fraction of sp³-hybridized carbons (Fsp3) is 0.357. The number of rotatable bonds is 6. The second-order valence-corrected chi connectivity index (χ2v) is 6.03. The van der Waals surface area contributed by atoms with Crippen molar-refractivity contribution < 1.29 is 0 Å². The average molecular weight is 306 g/mol. The zero-order chi connectivity index (χ0) is 14.4. The summed E-state index contributed by atoms with van der Waals surface area (Å²) < 4.78 is 0. The van der Waals surface area contributed by atoms with Crippen LogP contribution in [-0.2, 0) is 12.2 Å². The molecule has 0 aliphatic carbocycles. The van der Waals surface area contributed by atoms with Gasteiger partial charge in [-0.15, -0.1) is 11.8 Å². The van der Waals surface area contributed by atoms with Gasteiger partial charge in [0.05, 0.1) is 5.69 Å². The Labute approximate surface area is 128 Å². The predicted octanol–water partition coefficient (Wildman–Crippen LogP) is 3.42. The van der Waals surface area contributed by atoms with Crippen LogP contribution in [0.1, 0.15) is 24.6 Å². The van der Waals surface area contributed by atoms with Crippen LogP contribution < -0.4 is 5.73 Å². The second-order valence-electron chi connectivity index (χ2n) is 4.27. The molecule has 2 N–H and O–H groups in total. The first-order valence-electron chi connectivity index (χ1n) is 6.47. The molecule has 0 saturated heterocycles. The minimum absolute atomic E-state index is 0.515. The molecule has 0 fully saturated rings. The molecular weight excluding hydrogens is 288 g/mol. The van der Waals surface area contributed by atoms with E-state index in [0.717, 1.165) is 29.3 Å². The zero-order valence-electron chi connectivity index (χ0n) is 11.7. The number of pyridine rings is 1. The molecule has 4 nitrogen and oxygen atoms in total. The molecule has 0 atom stereocenters. The lowest BCUT2D eigenvalue weighted by atomic mass is 10.1. The van der Waals surface area contributed by atoms with Crippen molar-refractivity contribution in [3.63, 3.8) is 0 Å². The molecule has 0 unspecified atom stereocenters. The molecule has 2 aromatic rings. The Morgan fingerprint density at radius 3 is 2.90 bits per heavy atom. The van der Waals surface area contributed by atoms with Crippen molar-refractivity contribution in [2.24, 2.45) is 0 Å². The lowest BCUT2D eigenvalue weighted by Crippen LogP contribution is -1.98. The number of anilines is 1. The number of hydrogen-bond acceptors (Lipinski definition) is 6. The molecule has 0 aliphatic heterocycles. The molecule has 6 heteroatoms. The number of aromatic nitrogens is 3. The Hall–Kier alpha value is -1.27. The Morgan fingerprint density at radius 2 is 2.15 bits per heavy atom. The van der Waals surface area contributed by atoms with E-state index in [1.807, 2.05) is 18.5 Å². The van der Waals surface area contributed by atoms with Gasteiger partial charge in [0.15, 0.2) is 5.16 Å². The van der Waals surface area contributed by atoms with E-state index in [1.54, 1.807) is 29.6 Å². The maximum absolute atomic E-state index is 5.79. The monoisotopic (exact) mass is 306 g/mol. The summed E-state index contributed by atoms with van der Waals surface area (Å²) in [6.45, 7) is 2.18. The van der Waals surface area contributed by atoms with Crippen LogP contribution in [-0.4, -0.2) is 21.2 Å². The molecule has 0 radical (unpaired) electrons. The van der Waals surface area contributed by atoms with Crippen molar-refractivity contribution in [1.29, 1.82) is 0 Å². The van der Waals surface area contributed by atoms with Crippen molar-refractivity contribution in [2.75, 3.05) is 12.0 Å². The fourth-order valence-electron chi connectivity index (χ4n) is 1.82. The fourth-order valence-corrected chi connectivity index (χ4v) is 3.15. The highest BCUT2D eigenvalue weighted by molar-refractivity contribution is 7.99. The lowest BCUT2D eigenvalue weighted by molar-refractivity contribution is 0.886. The van der Waals surface area contributed by atoms with Crippen LogP contribution in [0.2, 0.25) is 0 Å². The summed E-state index contributed by atoms with van der Waals surface area (Å²) in [5.74, 6) is 1.29. The number of thioether (sulfide) groups is 2. The molecule has 2 aromatic heterocycles. The van der Waals surface area contributed by atoms with E-state index in [4.69, 9.17) is 5.73 Å². The highest BCUT2D eigenvalue weighted by atomic mass is 32.2. The molecule has 0 aromatic carbocycles. The normalized spacial score (nSPS) is 10.7. The summed E-state index contributed by atoms with van der Waals surface area (Å²) >= 11 is 3.15. The van der Waals surface area contributed by atoms with Gasteiger partial charge in [-0.3, -0.25) is 4.98 Å². The minimum atomic E-state index is 0.515. The van der Waals surface area contributed by atoms with E-state index in [9.17, 15) is 0 Å². The number of nitrogens with two attached hydrogens (primary N) is 1. The van der Waals surface area contributed by atoms with Gasteiger partial charge in [0, 0.05) is 18.0 Å². The van der Waals surface area contributed by atoms with Gasteiger partial charge < -0.3 is 5.73 Å². The highest BCUT2D eigenvalue weighted by Crippen LogP contribution is 2.24. The van der Waals surface area contributed by atoms with Crippen molar-refractivity contribution in [3.05, 3.63) is 35.7 Å². The Morgan fingerprint density at radius 1 is 1.30 bits per heavy atom. The minimum Gasteiger partial charge on any atom is -0.384 e. The van der Waals surface area contributed by atoms with Crippen LogP contribution in [0, 0.1) is 0 Å². The Balaban J connectivity index is 2.10. The standard InChI is InChI=1S/C14H18N4S2/c1-3-5-10-6-4-7-16-11(10)9-20-14-17-12(15)8-13(18-14)19-2/h4,6-8H,3,5,9H2,1-2H3,(H2,15,17,18). The average Bonchev–Trinajstić information content (AvgIpc) is 2.46. The predicted molar refractivity (Wildman–Crippen MR) is 86.0 cm³/mol. The molecule has 0 amide bonds. The van der Waals surface area contributed by atoms with Gasteiger partial charge in [0.2, 0.25) is 0 Å². The van der Waals surface area contributed by atoms with E-state index in [1.165, 1.54) is 5.56 Å². The molecule has 0 spiro atoms. The SMILES string of the molecule is CCCc1cccnc1CSc1nc(N)cc(SC)n1. The second kappa shape index (κ2) is 7.50. The molecular formula is C14H18N4S2. The van der Waals surface area contributed by atoms with Crippen molar-refractivity contribution in [3.8, 4) is 0 Å². The third kappa shape index (κ3) is 4.11. The van der Waals surface area contributed by atoms with Gasteiger partial charge >= 0.3 is 0 Å². The first kappa shape index (κ1) is 15.1. The highest BCUT2D eigenvalue weighted by Gasteiger charge is 2.07. The number of aryl methyl sites for hydroxylation is 1. The zero-order valence-corrected chi connectivity index (χ0v) is 13.3. The maximum atomic E-state index is 5.79. The van der Waals surface area contributed by atoms with E-state index < -0.39 is 0 Å². The van der Waals surface area contributed by atoms with E-state index in [0.29, 0.717) is 11.0 Å². The Kier molecular flexibility index (Phi) is 5.67. The van der Waals surface area contributed by atoms with Crippen LogP contribution in [0.4, 0.5) is 5.82 Å². The van der Waals surface area contributed by atoms with Crippen molar-refractivity contribution >= 4 is 29.3 Å². The summed E-state index contributed by atoms with van der Waals surface area (Å²) in [6, 6.07) is 5.92. The van der Waals surface area contributed by atoms with Crippen molar-refractivity contribution in [2.45, 2.75) is 35.7 Å². The topological polar surface area (TPSA) is 64.7 Å². The Bertz CT molecular complexity index is 575. The third-order valence-corrected chi connectivity index (χ3v) is 4.24. The van der Waals surface area contributed by atoms with Gasteiger partial charge in [0.25, 0.3) is 0 Å². The van der Waals surface area contributed by atoms with Gasteiger partial charge in [-0.25, -0.2) is 9.97 Å². The first-order valence-corrected chi connectivity index (χ1v) is 8.68. The van der Waals surface area contributed by atoms with Crippen LogP contribution in [0.5, 0.6) is 0 Å². The molecule has 2 rings (SSSR count). The molecule has 0 saturated carbocycles.